The molecule has 6 nitrogen and oxygen atoms in total. The van der Waals surface area contributed by atoms with Crippen molar-refractivity contribution in [3.05, 3.63) is 0 Å². The van der Waals surface area contributed by atoms with Gasteiger partial charge in [-0.1, -0.05) is 20.3 Å². The third kappa shape index (κ3) is 4.66. The van der Waals surface area contributed by atoms with Crippen LogP contribution in [-0.4, -0.2) is 68.1 Å². The van der Waals surface area contributed by atoms with E-state index >= 15 is 0 Å². The maximum absolute atomic E-state index is 12.8. The molecule has 0 aliphatic carbocycles. The lowest BCUT2D eigenvalue weighted by Crippen LogP contribution is -2.53. The zero-order valence-electron chi connectivity index (χ0n) is 12.8. The maximum atomic E-state index is 12.8. The van der Waals surface area contributed by atoms with Crippen LogP contribution in [0.15, 0.2) is 0 Å². The van der Waals surface area contributed by atoms with Crippen LogP contribution in [0, 0.1) is 5.92 Å². The number of aliphatic hydroxyl groups excluding tert-OH is 1. The minimum Gasteiger partial charge on any atom is -0.395 e. The molecule has 1 aliphatic rings. The van der Waals surface area contributed by atoms with Crippen LogP contribution in [0.2, 0.25) is 0 Å². The molecular weight excluding hydrogens is 280 g/mol. The van der Waals surface area contributed by atoms with Crippen LogP contribution in [0.1, 0.15) is 33.1 Å². The van der Waals surface area contributed by atoms with Crippen molar-refractivity contribution in [3.63, 3.8) is 0 Å². The molecular formula is C13H28N2O4S. The first-order valence-electron chi connectivity index (χ1n) is 7.30. The number of methoxy groups -OCH3 is 1. The van der Waals surface area contributed by atoms with Gasteiger partial charge in [-0.2, -0.15) is 17.0 Å². The van der Waals surface area contributed by atoms with Crippen LogP contribution in [0.25, 0.3) is 0 Å². The normalized spacial score (nSPS) is 21.8. The lowest BCUT2D eigenvalue weighted by atomic mass is 10.1. The fraction of sp³-hybridized carbons (Fsp3) is 1.00. The van der Waals surface area contributed by atoms with Crippen molar-refractivity contribution in [1.82, 2.24) is 8.61 Å². The molecule has 1 rings (SSSR count). The number of hydrogen-bond acceptors (Lipinski definition) is 4. The molecule has 1 fully saturated rings. The van der Waals surface area contributed by atoms with Gasteiger partial charge in [0.2, 0.25) is 0 Å². The Hall–Kier alpha value is -0.210. The van der Waals surface area contributed by atoms with Crippen molar-refractivity contribution in [3.8, 4) is 0 Å². The monoisotopic (exact) mass is 308 g/mol. The quantitative estimate of drug-likeness (QED) is 0.716. The van der Waals surface area contributed by atoms with E-state index < -0.39 is 10.2 Å². The molecule has 0 bridgehead atoms. The van der Waals surface area contributed by atoms with Gasteiger partial charge in [0, 0.05) is 32.8 Å². The Morgan fingerprint density at radius 1 is 1.40 bits per heavy atom. The van der Waals surface area contributed by atoms with Crippen molar-refractivity contribution in [1.29, 1.82) is 0 Å². The van der Waals surface area contributed by atoms with Gasteiger partial charge in [0.05, 0.1) is 13.2 Å². The smallest absolute Gasteiger partial charge is 0.282 e. The van der Waals surface area contributed by atoms with Gasteiger partial charge in [-0.3, -0.25) is 0 Å². The van der Waals surface area contributed by atoms with Crippen LogP contribution in [0.3, 0.4) is 0 Å². The molecule has 120 valence electrons. The highest BCUT2D eigenvalue weighted by molar-refractivity contribution is 7.86. The van der Waals surface area contributed by atoms with Gasteiger partial charge < -0.3 is 9.84 Å². The van der Waals surface area contributed by atoms with E-state index in [1.54, 1.807) is 7.11 Å². The van der Waals surface area contributed by atoms with Crippen molar-refractivity contribution < 1.29 is 18.3 Å². The van der Waals surface area contributed by atoms with E-state index in [9.17, 15) is 13.5 Å². The number of nitrogens with zero attached hydrogens (tertiary/aromatic N) is 2. The molecule has 0 aromatic heterocycles. The molecule has 1 atom stereocenters. The molecule has 0 saturated carbocycles. The first kappa shape index (κ1) is 17.8. The topological polar surface area (TPSA) is 70.1 Å². The average molecular weight is 308 g/mol. The maximum Gasteiger partial charge on any atom is 0.282 e. The van der Waals surface area contributed by atoms with Crippen LogP contribution in [0.5, 0.6) is 0 Å². The molecule has 0 aromatic rings. The van der Waals surface area contributed by atoms with Crippen LogP contribution < -0.4 is 0 Å². The number of ether oxygens (including phenoxy) is 1. The first-order chi connectivity index (χ1) is 9.43. The highest BCUT2D eigenvalue weighted by atomic mass is 32.2. The largest absolute Gasteiger partial charge is 0.395 e. The van der Waals surface area contributed by atoms with Gasteiger partial charge in [0.1, 0.15) is 0 Å². The predicted molar refractivity (Wildman–Crippen MR) is 78.6 cm³/mol. The fourth-order valence-corrected chi connectivity index (χ4v) is 4.51. The zero-order chi connectivity index (χ0) is 15.2. The van der Waals surface area contributed by atoms with Gasteiger partial charge in [0.25, 0.3) is 10.2 Å². The second-order valence-corrected chi connectivity index (χ2v) is 7.58. The molecule has 1 unspecified atom stereocenters. The molecule has 0 aromatic carbocycles. The Morgan fingerprint density at radius 2 is 2.10 bits per heavy atom. The fourth-order valence-electron chi connectivity index (χ4n) is 2.51. The second kappa shape index (κ2) is 8.29. The van der Waals surface area contributed by atoms with Crippen molar-refractivity contribution in [2.75, 3.05) is 40.0 Å². The Balaban J connectivity index is 2.88. The third-order valence-electron chi connectivity index (χ3n) is 3.52. The third-order valence-corrected chi connectivity index (χ3v) is 5.58. The summed E-state index contributed by atoms with van der Waals surface area (Å²) >= 11 is 0. The molecule has 1 N–H and O–H groups in total. The summed E-state index contributed by atoms with van der Waals surface area (Å²) in [5.74, 6) is 0.249. The van der Waals surface area contributed by atoms with Gasteiger partial charge in [0.15, 0.2) is 0 Å². The molecule has 20 heavy (non-hydrogen) atoms. The van der Waals surface area contributed by atoms with Crippen molar-refractivity contribution >= 4 is 10.2 Å². The summed E-state index contributed by atoms with van der Waals surface area (Å²) in [4.78, 5) is 0. The molecule has 7 heteroatoms. The number of hydrogen-bond donors (Lipinski definition) is 1. The summed E-state index contributed by atoms with van der Waals surface area (Å²) in [7, 11) is -1.96. The second-order valence-electron chi connectivity index (χ2n) is 5.70. The van der Waals surface area contributed by atoms with Gasteiger partial charge in [-0.25, -0.2) is 0 Å². The van der Waals surface area contributed by atoms with E-state index in [4.69, 9.17) is 4.74 Å². The summed E-state index contributed by atoms with van der Waals surface area (Å²) in [6.45, 7) is 5.58. The molecule has 0 radical (unpaired) electrons. The van der Waals surface area contributed by atoms with Crippen molar-refractivity contribution in [2.24, 2.45) is 5.92 Å². The molecule has 0 spiro atoms. The van der Waals surface area contributed by atoms with Crippen LogP contribution >= 0.6 is 0 Å². The summed E-state index contributed by atoms with van der Waals surface area (Å²) < 4.78 is 33.5. The lowest BCUT2D eigenvalue weighted by Gasteiger charge is -2.37. The van der Waals surface area contributed by atoms with Gasteiger partial charge in [-0.15, -0.1) is 0 Å². The SMILES string of the molecule is COCCN(CC(C)C)S(=O)(=O)N1CCCCC1CO. The minimum atomic E-state index is -3.53. The van der Waals surface area contributed by atoms with Crippen molar-refractivity contribution in [2.45, 2.75) is 39.2 Å². The van der Waals surface area contributed by atoms with Crippen LogP contribution in [0.4, 0.5) is 0 Å². The number of piperidine rings is 1. The molecule has 1 saturated heterocycles. The Bertz CT molecular complexity index is 373. The van der Waals surface area contributed by atoms with E-state index in [1.165, 1.54) is 8.61 Å². The highest BCUT2D eigenvalue weighted by Gasteiger charge is 2.36. The summed E-state index contributed by atoms with van der Waals surface area (Å²) in [5.41, 5.74) is 0. The first-order valence-corrected chi connectivity index (χ1v) is 8.69. The Kier molecular flexibility index (Phi) is 7.39. The van der Waals surface area contributed by atoms with E-state index in [-0.39, 0.29) is 18.6 Å². The summed E-state index contributed by atoms with van der Waals surface area (Å²) in [6, 6.07) is -0.286. The van der Waals surface area contributed by atoms with E-state index in [0.717, 1.165) is 19.3 Å². The molecule has 0 amide bonds. The Labute approximate surface area is 122 Å². The zero-order valence-corrected chi connectivity index (χ0v) is 13.6. The predicted octanol–water partition coefficient (Wildman–Crippen LogP) is 0.682. The summed E-state index contributed by atoms with van der Waals surface area (Å²) in [5, 5.41) is 9.42. The van der Waals surface area contributed by atoms with Gasteiger partial charge >= 0.3 is 0 Å². The highest BCUT2D eigenvalue weighted by Crippen LogP contribution is 2.23. The van der Waals surface area contributed by atoms with E-state index in [2.05, 4.69) is 0 Å². The summed E-state index contributed by atoms with van der Waals surface area (Å²) in [6.07, 6.45) is 2.56. The van der Waals surface area contributed by atoms with Gasteiger partial charge in [-0.05, 0) is 18.8 Å². The lowest BCUT2D eigenvalue weighted by molar-refractivity contribution is 0.138. The van der Waals surface area contributed by atoms with Crippen LogP contribution in [-0.2, 0) is 14.9 Å². The van der Waals surface area contributed by atoms with E-state index in [1.807, 2.05) is 13.8 Å². The minimum absolute atomic E-state index is 0.112. The standard InChI is InChI=1S/C13H28N2O4S/c1-12(2)10-14(8-9-19-3)20(17,18)15-7-5-4-6-13(15)11-16/h12-13,16H,4-11H2,1-3H3. The van der Waals surface area contributed by atoms with E-state index in [0.29, 0.717) is 26.2 Å². The number of rotatable bonds is 8. The Morgan fingerprint density at radius 3 is 2.65 bits per heavy atom. The number of aliphatic hydroxyl groups is 1. The molecule has 1 aliphatic heterocycles. The molecule has 1 heterocycles. The average Bonchev–Trinajstić information content (AvgIpc) is 2.42.